The number of hydrogen-bond acceptors (Lipinski definition) is 22. The van der Waals surface area contributed by atoms with Gasteiger partial charge in [-0.1, -0.05) is 161 Å². The molecule has 0 atom stereocenters. The Kier molecular flexibility index (Phi) is 814. The molecule has 26 N–H and O–H groups in total. The zero-order chi connectivity index (χ0) is 65.8. The third kappa shape index (κ3) is 791. The number of piperidine rings is 1. The highest BCUT2D eigenvalue weighted by Crippen LogP contribution is 2.07. The number of likely N-dealkylation sites (tertiary alicyclic amines) is 1. The fraction of sp³-hybridized carbons (Fsp3) is 0.691. The van der Waals surface area contributed by atoms with Crippen molar-refractivity contribution in [2.45, 2.75) is 183 Å². The Morgan fingerprint density at radius 3 is 0.641 bits per heavy atom. The molecule has 1 aliphatic rings. The molecule has 1 aromatic rings. The maximum atomic E-state index is 10.7. The van der Waals surface area contributed by atoms with Gasteiger partial charge >= 0.3 is 0 Å². The summed E-state index contributed by atoms with van der Waals surface area (Å²) in [6.45, 7) is 63.5. The van der Waals surface area contributed by atoms with Gasteiger partial charge < -0.3 is 117 Å². The summed E-state index contributed by atoms with van der Waals surface area (Å²) in [5.74, 6) is 3.67. The van der Waals surface area contributed by atoms with Gasteiger partial charge in [0.1, 0.15) is 67.9 Å². The summed E-state index contributed by atoms with van der Waals surface area (Å²) >= 11 is 0. The van der Waals surface area contributed by atoms with Crippen molar-refractivity contribution in [1.29, 1.82) is 0 Å². The molecule has 1 aromatic carbocycles. The van der Waals surface area contributed by atoms with Crippen molar-refractivity contribution in [3.63, 3.8) is 0 Å². The topological polar surface area (TPSA) is 516 Å². The smallest absolute Gasteiger partial charge is 0.219 e. The second-order valence-electron chi connectivity index (χ2n) is 12.6. The number of rotatable bonds is 3. The fourth-order valence-electron chi connectivity index (χ4n) is 1.92. The van der Waals surface area contributed by atoms with Gasteiger partial charge in [0.25, 0.3) is 0 Å². The molecule has 23 heteroatoms. The molecule has 78 heavy (non-hydrogen) atoms. The predicted octanol–water partition coefficient (Wildman–Crippen LogP) is 9.97. The van der Waals surface area contributed by atoms with Gasteiger partial charge in [-0.3, -0.25) is 4.79 Å². The highest BCUT2D eigenvalue weighted by molar-refractivity contribution is 5.73. The Hall–Kier alpha value is -5.05. The highest BCUT2D eigenvalue weighted by Gasteiger charge is 2.11. The Labute approximate surface area is 485 Å². The quantitative estimate of drug-likeness (QED) is 0.134. The molecule has 0 aliphatic carbocycles. The Morgan fingerprint density at radius 1 is 0.423 bits per heavy atom. The summed E-state index contributed by atoms with van der Waals surface area (Å²) in [4.78, 5) is 92.6. The van der Waals surface area contributed by atoms with Crippen LogP contribution in [0.5, 0.6) is 0 Å². The predicted molar refractivity (Wildman–Crippen MR) is 350 cm³/mol. The van der Waals surface area contributed by atoms with Crippen LogP contribution >= 0.6 is 0 Å². The fourth-order valence-corrected chi connectivity index (χ4v) is 1.92. The molecule has 0 radical (unpaired) electrons. The highest BCUT2D eigenvalue weighted by atomic mass is 16.3. The molecule has 494 valence electrons. The van der Waals surface area contributed by atoms with Crippen LogP contribution in [0, 0.1) is 23.7 Å². The monoisotopic (exact) mass is 1150 g/mol. The number of nitrogens with two attached hydrogens (primary N) is 5. The van der Waals surface area contributed by atoms with E-state index in [2.05, 4.69) is 143 Å². The number of hydrogen-bond donors (Lipinski definition) is 11. The van der Waals surface area contributed by atoms with Crippen LogP contribution in [0.25, 0.3) is 0 Å². The molecular weight excluding hydrogens is 1010 g/mol. The van der Waals surface area contributed by atoms with Gasteiger partial charge in [-0.25, -0.2) is 0 Å². The molecule has 0 saturated carbocycles. The van der Waals surface area contributed by atoms with E-state index in [1.807, 2.05) is 107 Å². The molecule has 1 heterocycles. The number of aliphatic hydroxyl groups excluding tert-OH is 1. The lowest BCUT2D eigenvalue weighted by Crippen LogP contribution is -2.33. The Morgan fingerprint density at radius 2 is 0.564 bits per heavy atom. The normalized spacial score (nSPS) is 6.90. The lowest BCUT2D eigenvalue weighted by atomic mass is 10.1. The number of carbonyl (C=O) groups excluding carboxylic acids is 11. The van der Waals surface area contributed by atoms with Crippen molar-refractivity contribution in [2.24, 2.45) is 52.3 Å². The van der Waals surface area contributed by atoms with E-state index in [0.29, 0.717) is 0 Å². The number of aliphatic hydroxyl groups is 1. The van der Waals surface area contributed by atoms with E-state index in [0.717, 1.165) is 43.2 Å². The first kappa shape index (κ1) is 179. The molecule has 1 saturated heterocycles. The second-order valence-corrected chi connectivity index (χ2v) is 12.6. The zero-order valence-corrected chi connectivity index (χ0v) is 56.3. The third-order valence-corrected chi connectivity index (χ3v) is 4.69. The van der Waals surface area contributed by atoms with Crippen molar-refractivity contribution in [3.05, 3.63) is 35.9 Å². The largest absolute Gasteiger partial charge is 0.394 e. The van der Waals surface area contributed by atoms with E-state index in [9.17, 15) is 4.79 Å². The van der Waals surface area contributed by atoms with Crippen LogP contribution in [0.4, 0.5) is 0 Å². The molecular formula is C55H147N11O12. The van der Waals surface area contributed by atoms with Crippen molar-refractivity contribution in [3.8, 4) is 0 Å². The van der Waals surface area contributed by atoms with Crippen LogP contribution in [0.15, 0.2) is 30.3 Å². The molecule has 2 rings (SSSR count). The Balaban J connectivity index is -0.0000000143. The van der Waals surface area contributed by atoms with Crippen molar-refractivity contribution in [2.75, 3.05) is 48.3 Å². The minimum Gasteiger partial charge on any atom is -0.394 e. The molecule has 0 aromatic heterocycles. The molecule has 1 aliphatic heterocycles. The summed E-state index contributed by atoms with van der Waals surface area (Å²) in [5.41, 5.74) is 23.9. The summed E-state index contributed by atoms with van der Waals surface area (Å²) in [6.07, 6.45) is 7.27. The minimum atomic E-state index is -0.167. The maximum absolute atomic E-state index is 10.7. The summed E-state index contributed by atoms with van der Waals surface area (Å²) in [6, 6.07) is 10.5. The lowest BCUT2D eigenvalue weighted by molar-refractivity contribution is -0.129. The van der Waals surface area contributed by atoms with E-state index >= 15 is 0 Å². The van der Waals surface area contributed by atoms with Crippen molar-refractivity contribution < 1.29 is 57.8 Å². The number of amides is 1. The van der Waals surface area contributed by atoms with Crippen LogP contribution in [0.3, 0.4) is 0 Å². The summed E-state index contributed by atoms with van der Waals surface area (Å²) < 4.78 is 0. The maximum Gasteiger partial charge on any atom is 0.219 e. The van der Waals surface area contributed by atoms with Crippen LogP contribution in [-0.4, -0.2) is 138 Å². The van der Waals surface area contributed by atoms with Gasteiger partial charge in [0, 0.05) is 26.1 Å². The standard InChI is InChI=1S/C8H10.C7H13NO.2C5H12.2C4H10.C3H8O.2C2H6.5CH5N.10CH2O.5H3N/c1-2-8-6-4-3-5-7-8;1-7(9)8-5-3-2-4-6-8;2*1-4-5(2)3;2*1-4(2)3;1-3(2)4;17*1-2;;;;;/h3-7H,2H2,1H3;2-6H2,1H3;2*5H,4H2,1-3H3;2*4H,1-3H3;3-4H,1-2H3;2*1-2H3;5*2H2,1H3;10*1H2;5*1H3. The molecule has 0 unspecified atom stereocenters. The van der Waals surface area contributed by atoms with E-state index in [4.69, 9.17) is 53.1 Å². The molecule has 1 amide bonds. The van der Waals surface area contributed by atoms with Gasteiger partial charge in [0.2, 0.25) is 5.91 Å². The molecule has 0 bridgehead atoms. The van der Waals surface area contributed by atoms with Crippen molar-refractivity contribution in [1.82, 2.24) is 35.7 Å². The average Bonchev–Trinajstić information content (AvgIpc) is 3.48. The first-order chi connectivity index (χ1) is 35.0. The van der Waals surface area contributed by atoms with Crippen LogP contribution < -0.4 is 59.4 Å². The summed E-state index contributed by atoms with van der Waals surface area (Å²) in [7, 11) is 7.50. The average molecular weight is 1150 g/mol. The zero-order valence-electron chi connectivity index (χ0n) is 56.3. The van der Waals surface area contributed by atoms with Crippen LogP contribution in [0.2, 0.25) is 0 Å². The number of aryl methyl sites for hydroxylation is 1. The Bertz CT molecular complexity index is 699. The number of nitrogens with zero attached hydrogens (tertiary/aromatic N) is 1. The van der Waals surface area contributed by atoms with E-state index < -0.39 is 0 Å². The second kappa shape index (κ2) is 355. The van der Waals surface area contributed by atoms with Gasteiger partial charge in [0.15, 0.2) is 0 Å². The molecule has 23 nitrogen and oxygen atoms in total. The lowest BCUT2D eigenvalue weighted by Gasteiger charge is -2.24. The first-order valence-electron chi connectivity index (χ1n) is 23.7. The molecule has 1 fully saturated rings. The van der Waals surface area contributed by atoms with Crippen LogP contribution in [-0.2, 0) is 59.2 Å². The molecule has 0 spiro atoms. The third-order valence-electron chi connectivity index (χ3n) is 4.69. The van der Waals surface area contributed by atoms with E-state index in [-0.39, 0.29) is 42.8 Å². The summed E-state index contributed by atoms with van der Waals surface area (Å²) in [5, 5.41) is 8.06. The first-order valence-corrected chi connectivity index (χ1v) is 23.7. The minimum absolute atomic E-state index is 0. The van der Waals surface area contributed by atoms with Crippen molar-refractivity contribution >= 4 is 73.8 Å². The number of benzene rings is 1. The van der Waals surface area contributed by atoms with Gasteiger partial charge in [-0.15, -0.1) is 0 Å². The van der Waals surface area contributed by atoms with E-state index in [1.54, 1.807) is 20.8 Å². The van der Waals surface area contributed by atoms with Crippen LogP contribution in [0.1, 0.15) is 176 Å². The number of carbonyl (C=O) groups is 11. The van der Waals surface area contributed by atoms with Gasteiger partial charge in [0.05, 0.1) is 0 Å². The van der Waals surface area contributed by atoms with Gasteiger partial charge in [-0.2, -0.15) is 0 Å². The SMILES string of the molecule is C=O.C=O.C=O.C=O.C=O.C=O.C=O.C=O.C=O.C=O.CC.CC.CC(=O)N1CCCCC1.CC(C)C.CC(C)C.CC(C)O.CCC(C)C.CCC(C)C.CCc1ccccc1.CN.CN.CN.CN.CN.N.N.N.N.N. The van der Waals surface area contributed by atoms with E-state index in [1.165, 1.54) is 72.9 Å². The van der Waals surface area contributed by atoms with Gasteiger partial charge in [-0.05, 0) is 104 Å².